The molecule has 0 bridgehead atoms. The molecule has 0 aromatic carbocycles. The summed E-state index contributed by atoms with van der Waals surface area (Å²) in [4.78, 5) is 8.71. The minimum Gasteiger partial charge on any atom is -0.488 e. The first kappa shape index (κ1) is 12.8. The second-order valence-electron chi connectivity index (χ2n) is 5.00. The Morgan fingerprint density at radius 1 is 1.32 bits per heavy atom. The molecule has 2 unspecified atom stereocenters. The molecule has 0 saturated heterocycles. The predicted octanol–water partition coefficient (Wildman–Crippen LogP) is 3.04. The lowest BCUT2D eigenvalue weighted by atomic mass is 9.93. The van der Waals surface area contributed by atoms with Crippen molar-refractivity contribution < 1.29 is 4.74 Å². The molecule has 100 valence electrons. The zero-order valence-corrected chi connectivity index (χ0v) is 12.1. The van der Waals surface area contributed by atoms with Crippen LogP contribution in [-0.2, 0) is 0 Å². The molecule has 2 atom stereocenters. The number of hydrogen-bond acceptors (Lipinski definition) is 4. The molecule has 3 rings (SSSR count). The lowest BCUT2D eigenvalue weighted by Crippen LogP contribution is -2.33. The van der Waals surface area contributed by atoms with Crippen LogP contribution in [-0.4, -0.2) is 22.1 Å². The van der Waals surface area contributed by atoms with Crippen LogP contribution in [0, 0.1) is 0 Å². The molecule has 0 spiro atoms. The van der Waals surface area contributed by atoms with Crippen molar-refractivity contribution in [1.29, 1.82) is 0 Å². The Morgan fingerprint density at radius 2 is 2.21 bits per heavy atom. The van der Waals surface area contributed by atoms with E-state index >= 15 is 0 Å². The maximum absolute atomic E-state index is 6.08. The van der Waals surface area contributed by atoms with Crippen molar-refractivity contribution in [2.24, 2.45) is 5.73 Å². The summed E-state index contributed by atoms with van der Waals surface area (Å²) in [6.07, 6.45) is 7.93. The first-order chi connectivity index (χ1) is 9.22. The Labute approximate surface area is 120 Å². The number of rotatable bonds is 2. The number of halogens is 1. The molecule has 2 aromatic heterocycles. The third kappa shape index (κ3) is 2.87. The molecular weight excluding hydrogens is 306 g/mol. The quantitative estimate of drug-likeness (QED) is 0.923. The van der Waals surface area contributed by atoms with Crippen molar-refractivity contribution in [3.05, 3.63) is 29.0 Å². The predicted molar refractivity (Wildman–Crippen MR) is 78.1 cm³/mol. The molecule has 19 heavy (non-hydrogen) atoms. The monoisotopic (exact) mass is 321 g/mol. The topological polar surface area (TPSA) is 61.0 Å². The van der Waals surface area contributed by atoms with E-state index in [1.807, 2.05) is 12.1 Å². The summed E-state index contributed by atoms with van der Waals surface area (Å²) in [7, 11) is 0. The number of pyridine rings is 2. The summed E-state index contributed by atoms with van der Waals surface area (Å²) in [6.45, 7) is 0. The average molecular weight is 322 g/mol. The highest BCUT2D eigenvalue weighted by Crippen LogP contribution is 2.28. The molecule has 2 aromatic rings. The molecule has 1 aliphatic rings. The molecule has 2 N–H and O–H groups in total. The molecule has 1 fully saturated rings. The first-order valence-corrected chi connectivity index (χ1v) is 7.34. The van der Waals surface area contributed by atoms with Gasteiger partial charge in [0.1, 0.15) is 17.4 Å². The van der Waals surface area contributed by atoms with Gasteiger partial charge in [0.05, 0.1) is 5.52 Å². The Balaban J connectivity index is 1.88. The number of ether oxygens (including phenoxy) is 1. The summed E-state index contributed by atoms with van der Waals surface area (Å²) in [5, 5.41) is 0. The number of fused-ring (bicyclic) bond motifs is 1. The van der Waals surface area contributed by atoms with Gasteiger partial charge < -0.3 is 10.5 Å². The molecule has 1 saturated carbocycles. The van der Waals surface area contributed by atoms with Gasteiger partial charge in [0.25, 0.3) is 0 Å². The second kappa shape index (κ2) is 5.43. The first-order valence-electron chi connectivity index (χ1n) is 6.55. The van der Waals surface area contributed by atoms with E-state index in [0.29, 0.717) is 0 Å². The van der Waals surface area contributed by atoms with Crippen LogP contribution in [0.3, 0.4) is 0 Å². The molecule has 0 radical (unpaired) electrons. The van der Waals surface area contributed by atoms with Gasteiger partial charge in [0.15, 0.2) is 0 Å². The van der Waals surface area contributed by atoms with Gasteiger partial charge in [-0.1, -0.05) is 0 Å². The van der Waals surface area contributed by atoms with Gasteiger partial charge in [-0.15, -0.1) is 0 Å². The molecule has 4 nitrogen and oxygen atoms in total. The van der Waals surface area contributed by atoms with E-state index in [1.165, 1.54) is 0 Å². The molecule has 2 heterocycles. The number of aromatic nitrogens is 2. The van der Waals surface area contributed by atoms with Gasteiger partial charge in [-0.05, 0) is 47.7 Å². The maximum Gasteiger partial charge on any atom is 0.149 e. The highest BCUT2D eigenvalue weighted by molar-refractivity contribution is 9.10. The van der Waals surface area contributed by atoms with E-state index in [0.717, 1.165) is 46.9 Å². The number of nitrogens with zero attached hydrogens (tertiary/aromatic N) is 2. The summed E-state index contributed by atoms with van der Waals surface area (Å²) < 4.78 is 7.00. The van der Waals surface area contributed by atoms with Crippen molar-refractivity contribution in [2.75, 3.05) is 0 Å². The van der Waals surface area contributed by atoms with Crippen LogP contribution in [0.4, 0.5) is 0 Å². The van der Waals surface area contributed by atoms with Crippen molar-refractivity contribution in [1.82, 2.24) is 9.97 Å². The van der Waals surface area contributed by atoms with Crippen LogP contribution in [0.15, 0.2) is 29.0 Å². The van der Waals surface area contributed by atoms with Crippen LogP contribution in [0.5, 0.6) is 5.75 Å². The highest BCUT2D eigenvalue weighted by atomic mass is 79.9. The number of nitrogens with two attached hydrogens (primary N) is 1. The van der Waals surface area contributed by atoms with Crippen molar-refractivity contribution in [3.63, 3.8) is 0 Å². The minimum atomic E-state index is 0.194. The van der Waals surface area contributed by atoms with Crippen LogP contribution in [0.25, 0.3) is 11.0 Å². The molecule has 5 heteroatoms. The van der Waals surface area contributed by atoms with Gasteiger partial charge in [-0.3, -0.25) is 4.98 Å². The van der Waals surface area contributed by atoms with Crippen LogP contribution < -0.4 is 10.5 Å². The fourth-order valence-electron chi connectivity index (χ4n) is 2.54. The van der Waals surface area contributed by atoms with Gasteiger partial charge in [0, 0.05) is 29.0 Å². The fourth-order valence-corrected chi connectivity index (χ4v) is 2.86. The Morgan fingerprint density at radius 3 is 3.05 bits per heavy atom. The SMILES string of the molecule is NC1CCCC(Oc2ccnc3cc(Br)cnc23)C1. The van der Waals surface area contributed by atoms with Gasteiger partial charge in [0.2, 0.25) is 0 Å². The maximum atomic E-state index is 6.08. The third-order valence-electron chi connectivity index (χ3n) is 3.47. The van der Waals surface area contributed by atoms with E-state index in [9.17, 15) is 0 Å². The van der Waals surface area contributed by atoms with E-state index in [2.05, 4.69) is 25.9 Å². The van der Waals surface area contributed by atoms with Gasteiger partial charge in [-0.2, -0.15) is 0 Å². The third-order valence-corrected chi connectivity index (χ3v) is 3.90. The minimum absolute atomic E-state index is 0.194. The smallest absolute Gasteiger partial charge is 0.149 e. The van der Waals surface area contributed by atoms with E-state index in [1.54, 1.807) is 12.4 Å². The normalized spacial score (nSPS) is 23.5. The van der Waals surface area contributed by atoms with E-state index < -0.39 is 0 Å². The molecule has 1 aliphatic carbocycles. The average Bonchev–Trinajstić information content (AvgIpc) is 2.38. The zero-order chi connectivity index (χ0) is 13.2. The molecule has 0 aliphatic heterocycles. The Kier molecular flexibility index (Phi) is 3.66. The standard InChI is InChI=1S/C14H16BrN3O/c15-9-6-12-14(18-8-9)13(4-5-17-12)19-11-3-1-2-10(16)7-11/h4-6,8,10-11H,1-3,7,16H2. The Bertz CT molecular complexity index is 590. The summed E-state index contributed by atoms with van der Waals surface area (Å²) in [5.74, 6) is 0.802. The van der Waals surface area contributed by atoms with E-state index in [-0.39, 0.29) is 12.1 Å². The zero-order valence-electron chi connectivity index (χ0n) is 10.6. The lowest BCUT2D eigenvalue weighted by molar-refractivity contribution is 0.146. The molecular formula is C14H16BrN3O. The van der Waals surface area contributed by atoms with Crippen molar-refractivity contribution in [3.8, 4) is 5.75 Å². The largest absolute Gasteiger partial charge is 0.488 e. The lowest BCUT2D eigenvalue weighted by Gasteiger charge is -2.27. The molecule has 0 amide bonds. The van der Waals surface area contributed by atoms with Crippen molar-refractivity contribution in [2.45, 2.75) is 37.8 Å². The summed E-state index contributed by atoms with van der Waals surface area (Å²) in [6, 6.07) is 4.08. The number of hydrogen-bond donors (Lipinski definition) is 1. The summed E-state index contributed by atoms with van der Waals surface area (Å²) >= 11 is 3.40. The van der Waals surface area contributed by atoms with Gasteiger partial charge in [-0.25, -0.2) is 4.98 Å². The fraction of sp³-hybridized carbons (Fsp3) is 0.429. The Hall–Kier alpha value is -1.20. The second-order valence-corrected chi connectivity index (χ2v) is 5.91. The van der Waals surface area contributed by atoms with Crippen LogP contribution in [0.2, 0.25) is 0 Å². The van der Waals surface area contributed by atoms with Crippen LogP contribution >= 0.6 is 15.9 Å². The van der Waals surface area contributed by atoms with Crippen LogP contribution in [0.1, 0.15) is 25.7 Å². The highest BCUT2D eigenvalue weighted by Gasteiger charge is 2.21. The van der Waals surface area contributed by atoms with Gasteiger partial charge >= 0.3 is 0 Å². The van der Waals surface area contributed by atoms with E-state index in [4.69, 9.17) is 10.5 Å². The summed E-state index contributed by atoms with van der Waals surface area (Å²) in [5.41, 5.74) is 7.65. The van der Waals surface area contributed by atoms with Crippen molar-refractivity contribution >= 4 is 27.0 Å².